The molecule has 9 unspecified atom stereocenters. The van der Waals surface area contributed by atoms with Gasteiger partial charge in [-0.25, -0.2) is 0 Å². The molecule has 3 aliphatic heterocycles. The summed E-state index contributed by atoms with van der Waals surface area (Å²) in [6.45, 7) is -0.967. The summed E-state index contributed by atoms with van der Waals surface area (Å²) in [6.07, 6.45) is -19.8. The second kappa shape index (κ2) is 14.1. The van der Waals surface area contributed by atoms with Crippen LogP contribution in [0.15, 0.2) is 0 Å². The van der Waals surface area contributed by atoms with Crippen molar-refractivity contribution < 1.29 is 64.2 Å². The van der Waals surface area contributed by atoms with Crippen LogP contribution in [0.3, 0.4) is 0 Å². The van der Waals surface area contributed by atoms with Gasteiger partial charge >= 0.3 is 0 Å². The molecule has 4 aliphatic rings. The lowest BCUT2D eigenvalue weighted by molar-refractivity contribution is -0.306. The van der Waals surface area contributed by atoms with Crippen molar-refractivity contribution in [2.24, 2.45) is 34.4 Å². The van der Waals surface area contributed by atoms with Crippen LogP contribution in [0, 0.1) is 0 Å². The summed E-state index contributed by atoms with van der Waals surface area (Å²) >= 11 is 0. The number of ether oxygens (including phenoxy) is 6. The number of hydrogen-bond donors (Lipinski definition) is 13. The maximum atomic E-state index is 11.1. The first-order valence-corrected chi connectivity index (χ1v) is 13.9. The molecule has 0 aromatic carbocycles. The van der Waals surface area contributed by atoms with E-state index >= 15 is 0 Å². The molecular weight excluding hydrogens is 568 g/mol. The van der Waals surface area contributed by atoms with Gasteiger partial charge in [0, 0.05) is 25.2 Å². The van der Waals surface area contributed by atoms with E-state index in [-0.39, 0.29) is 19.5 Å². The van der Waals surface area contributed by atoms with Crippen LogP contribution in [-0.4, -0.2) is 172 Å². The number of aliphatic hydroxyl groups excluding tert-OH is 7. The van der Waals surface area contributed by atoms with Crippen molar-refractivity contribution in [2.45, 2.75) is 123 Å². The average Bonchev–Trinajstić information content (AvgIpc) is 3.27. The van der Waals surface area contributed by atoms with Gasteiger partial charge in [0.1, 0.15) is 67.1 Å². The quantitative estimate of drug-likeness (QED) is 0.115. The molecule has 1 aliphatic carbocycles. The minimum absolute atomic E-state index is 0.0889. The number of nitrogens with two attached hydrogens (primary N) is 6. The Kier molecular flexibility index (Phi) is 11.5. The summed E-state index contributed by atoms with van der Waals surface area (Å²) in [5, 5.41) is 73.0. The van der Waals surface area contributed by atoms with Crippen LogP contribution < -0.4 is 34.4 Å². The predicted molar refractivity (Wildman–Crippen MR) is 138 cm³/mol. The Morgan fingerprint density at radius 1 is 0.524 bits per heavy atom. The van der Waals surface area contributed by atoms with Crippen molar-refractivity contribution >= 4 is 0 Å². The Morgan fingerprint density at radius 2 is 0.976 bits per heavy atom. The van der Waals surface area contributed by atoms with E-state index in [0.717, 1.165) is 0 Å². The van der Waals surface area contributed by atoms with Crippen LogP contribution in [0.2, 0.25) is 0 Å². The first kappa shape index (κ1) is 34.1. The van der Waals surface area contributed by atoms with E-state index in [0.29, 0.717) is 0 Å². The van der Waals surface area contributed by atoms with Crippen LogP contribution in [0.4, 0.5) is 0 Å². The summed E-state index contributed by atoms with van der Waals surface area (Å²) in [5.41, 5.74) is 35.6. The van der Waals surface area contributed by atoms with Gasteiger partial charge in [0.2, 0.25) is 0 Å². The van der Waals surface area contributed by atoms with Crippen molar-refractivity contribution in [3.63, 3.8) is 0 Å². The molecule has 4 fully saturated rings. The van der Waals surface area contributed by atoms with Gasteiger partial charge < -0.3 is 98.6 Å². The lowest BCUT2D eigenvalue weighted by atomic mass is 9.84. The van der Waals surface area contributed by atoms with E-state index in [1.165, 1.54) is 0 Å². The first-order chi connectivity index (χ1) is 19.8. The third-order valence-corrected chi connectivity index (χ3v) is 8.37. The summed E-state index contributed by atoms with van der Waals surface area (Å²) in [7, 11) is 0. The molecule has 19 heteroatoms. The van der Waals surface area contributed by atoms with Crippen molar-refractivity contribution in [2.75, 3.05) is 19.7 Å². The van der Waals surface area contributed by atoms with E-state index in [2.05, 4.69) is 0 Å². The average molecular weight is 615 g/mol. The van der Waals surface area contributed by atoms with Gasteiger partial charge in [0.15, 0.2) is 18.9 Å². The summed E-state index contributed by atoms with van der Waals surface area (Å²) in [4.78, 5) is 0. The highest BCUT2D eigenvalue weighted by Crippen LogP contribution is 2.34. The first-order valence-electron chi connectivity index (χ1n) is 13.9. The Morgan fingerprint density at radius 3 is 1.45 bits per heavy atom. The molecular formula is C23H46N6O13. The summed E-state index contributed by atoms with van der Waals surface area (Å²) < 4.78 is 34.6. The second-order valence-corrected chi connectivity index (χ2v) is 11.2. The Labute approximate surface area is 241 Å². The minimum Gasteiger partial charge on any atom is -0.394 e. The van der Waals surface area contributed by atoms with E-state index < -0.39 is 123 Å². The molecule has 4 rings (SSSR count). The zero-order valence-corrected chi connectivity index (χ0v) is 22.8. The van der Waals surface area contributed by atoms with Crippen LogP contribution in [-0.2, 0) is 28.4 Å². The molecule has 0 aromatic heterocycles. The normalized spacial score (nSPS) is 53.8. The van der Waals surface area contributed by atoms with Gasteiger partial charge in [-0.05, 0) is 6.42 Å². The lowest BCUT2D eigenvalue weighted by Crippen LogP contribution is -2.68. The Bertz CT molecular complexity index is 868. The van der Waals surface area contributed by atoms with E-state index in [9.17, 15) is 35.7 Å². The molecule has 1 saturated carbocycles. The van der Waals surface area contributed by atoms with E-state index in [1.807, 2.05) is 0 Å². The van der Waals surface area contributed by atoms with Gasteiger partial charge in [-0.3, -0.25) is 0 Å². The molecule has 0 bridgehead atoms. The topological polar surface area (TPSA) is 353 Å². The lowest BCUT2D eigenvalue weighted by Gasteiger charge is -2.47. The highest BCUT2D eigenvalue weighted by Gasteiger charge is 2.54. The molecule has 3 saturated heterocycles. The molecule has 42 heavy (non-hydrogen) atoms. The van der Waals surface area contributed by atoms with Crippen LogP contribution in [0.1, 0.15) is 6.42 Å². The van der Waals surface area contributed by atoms with E-state index in [4.69, 9.17) is 62.8 Å². The van der Waals surface area contributed by atoms with Gasteiger partial charge in [0.25, 0.3) is 0 Å². The highest BCUT2D eigenvalue weighted by atomic mass is 16.8. The van der Waals surface area contributed by atoms with Crippen LogP contribution in [0.5, 0.6) is 0 Å². The largest absolute Gasteiger partial charge is 0.394 e. The molecule has 19 N–H and O–H groups in total. The third kappa shape index (κ3) is 6.60. The van der Waals surface area contributed by atoms with Crippen molar-refractivity contribution in [3.05, 3.63) is 0 Å². The highest BCUT2D eigenvalue weighted by molar-refractivity contribution is 5.02. The van der Waals surface area contributed by atoms with E-state index in [1.54, 1.807) is 0 Å². The molecule has 246 valence electrons. The fourth-order valence-corrected chi connectivity index (χ4v) is 5.74. The molecule has 0 spiro atoms. The predicted octanol–water partition coefficient (Wildman–Crippen LogP) is -8.90. The van der Waals surface area contributed by atoms with Crippen LogP contribution in [0.25, 0.3) is 0 Å². The van der Waals surface area contributed by atoms with Gasteiger partial charge in [-0.15, -0.1) is 0 Å². The maximum Gasteiger partial charge on any atom is 0.187 e. The molecule has 19 atom stereocenters. The number of hydrogen-bond acceptors (Lipinski definition) is 19. The van der Waals surface area contributed by atoms with Gasteiger partial charge in [-0.1, -0.05) is 0 Å². The monoisotopic (exact) mass is 614 g/mol. The fourth-order valence-electron chi connectivity index (χ4n) is 5.74. The Hall–Kier alpha value is -0.760. The fraction of sp³-hybridized carbons (Fsp3) is 1.00. The van der Waals surface area contributed by atoms with Gasteiger partial charge in [0.05, 0.1) is 24.8 Å². The van der Waals surface area contributed by atoms with Crippen molar-refractivity contribution in [3.8, 4) is 0 Å². The molecule has 0 amide bonds. The second-order valence-electron chi connectivity index (χ2n) is 11.2. The molecule has 0 radical (unpaired) electrons. The third-order valence-electron chi connectivity index (χ3n) is 8.37. The zero-order chi connectivity index (χ0) is 31.0. The minimum atomic E-state index is -1.60. The molecule has 0 aromatic rings. The zero-order valence-electron chi connectivity index (χ0n) is 22.8. The summed E-state index contributed by atoms with van der Waals surface area (Å²) in [5.74, 6) is 0. The molecule has 19 nitrogen and oxygen atoms in total. The standard InChI is InChI=1S/C23H46N6O13/c24-2-7-13(32)15(34)10(28)21(37-7)40-18-6(27)1-5(26)12(31)20(18)42-23-17(36)19(9(4-30)39-23)41-22-11(29)16(35)14(33)8(3-25)38-22/h5-23,30-36H,1-4,24-29H2/t5-,6?,7?,8?,9-,10?,11?,12?,13-,14-,15-,16?,17?,18-,19+,20-,21?,22-,23+/m1/s1. The Balaban J connectivity index is 1.50. The smallest absolute Gasteiger partial charge is 0.187 e. The number of aliphatic hydroxyl groups is 7. The summed E-state index contributed by atoms with van der Waals surface area (Å²) in [6, 6.07) is -4.18. The van der Waals surface area contributed by atoms with Crippen molar-refractivity contribution in [1.29, 1.82) is 0 Å². The number of rotatable bonds is 9. The van der Waals surface area contributed by atoms with Crippen LogP contribution >= 0.6 is 0 Å². The van der Waals surface area contributed by atoms with Crippen molar-refractivity contribution in [1.82, 2.24) is 0 Å². The molecule has 3 heterocycles. The SMILES string of the molecule is NCC1O[C@H](O[C@@H]2C(O)[C@H](O[C@@H]3C(O)[C@H](N)CC(N)[C@H]3OC3OC(CN)[C@@H](O)[C@H](O)C3N)O[C@@H]2CO)C(N)C(O)[C@@H]1O. The maximum absolute atomic E-state index is 11.1. The van der Waals surface area contributed by atoms with Gasteiger partial charge in [-0.2, -0.15) is 0 Å².